The van der Waals surface area contributed by atoms with Gasteiger partial charge in [-0.1, -0.05) is 6.07 Å². The highest BCUT2D eigenvalue weighted by atomic mass is 79.9. The topological polar surface area (TPSA) is 43.8 Å². The van der Waals surface area contributed by atoms with Crippen LogP contribution in [0, 0.1) is 0 Å². The Bertz CT molecular complexity index is 563. The van der Waals surface area contributed by atoms with Crippen molar-refractivity contribution in [2.45, 2.75) is 12.7 Å². The first-order valence-electron chi connectivity index (χ1n) is 5.02. The fourth-order valence-corrected chi connectivity index (χ4v) is 2.07. The van der Waals surface area contributed by atoms with Crippen LogP contribution in [0.5, 0.6) is 0 Å². The van der Waals surface area contributed by atoms with E-state index in [-0.39, 0.29) is 0 Å². The molecule has 0 aliphatic rings. The van der Waals surface area contributed by atoms with Crippen molar-refractivity contribution < 1.29 is 13.2 Å². The standard InChI is InChI=1S/C11H9BrF3N3/c12-9-3-7(4-16)1-2-10(9)18-6-8(5-17-18)11(13,14)15/h1-3,5-6H,4,16H2. The van der Waals surface area contributed by atoms with Gasteiger partial charge in [-0.15, -0.1) is 0 Å². The first-order valence-corrected chi connectivity index (χ1v) is 5.82. The molecule has 0 saturated carbocycles. The van der Waals surface area contributed by atoms with Gasteiger partial charge in [0.15, 0.2) is 0 Å². The minimum absolute atomic E-state index is 0.367. The van der Waals surface area contributed by atoms with Crippen LogP contribution in [0.4, 0.5) is 13.2 Å². The molecule has 0 unspecified atom stereocenters. The lowest BCUT2D eigenvalue weighted by Gasteiger charge is -2.06. The second-order valence-corrected chi connectivity index (χ2v) is 4.52. The zero-order valence-electron chi connectivity index (χ0n) is 9.08. The number of aromatic nitrogens is 2. The molecule has 0 amide bonds. The Morgan fingerprint density at radius 1 is 1.33 bits per heavy atom. The van der Waals surface area contributed by atoms with Gasteiger partial charge in [-0.3, -0.25) is 0 Å². The molecular formula is C11H9BrF3N3. The van der Waals surface area contributed by atoms with Gasteiger partial charge in [0, 0.05) is 17.2 Å². The highest BCUT2D eigenvalue weighted by molar-refractivity contribution is 9.10. The van der Waals surface area contributed by atoms with Crippen molar-refractivity contribution in [1.82, 2.24) is 9.78 Å². The Kier molecular flexibility index (Phi) is 3.45. The van der Waals surface area contributed by atoms with Crippen molar-refractivity contribution in [3.8, 4) is 5.69 Å². The molecule has 96 valence electrons. The second-order valence-electron chi connectivity index (χ2n) is 3.66. The Morgan fingerprint density at radius 3 is 2.56 bits per heavy atom. The molecule has 0 spiro atoms. The van der Waals surface area contributed by atoms with Gasteiger partial charge in [-0.2, -0.15) is 18.3 Å². The minimum atomic E-state index is -4.39. The highest BCUT2D eigenvalue weighted by Gasteiger charge is 2.32. The van der Waals surface area contributed by atoms with Crippen molar-refractivity contribution in [3.63, 3.8) is 0 Å². The zero-order chi connectivity index (χ0) is 13.3. The van der Waals surface area contributed by atoms with Crippen LogP contribution in [-0.4, -0.2) is 9.78 Å². The summed E-state index contributed by atoms with van der Waals surface area (Å²) in [5.74, 6) is 0. The van der Waals surface area contributed by atoms with Gasteiger partial charge in [-0.25, -0.2) is 4.68 Å². The third-order valence-electron chi connectivity index (χ3n) is 2.40. The third-order valence-corrected chi connectivity index (χ3v) is 3.04. The van der Waals surface area contributed by atoms with Gasteiger partial charge in [0.05, 0.1) is 17.4 Å². The number of nitrogens with two attached hydrogens (primary N) is 1. The quantitative estimate of drug-likeness (QED) is 0.924. The number of nitrogens with zero attached hydrogens (tertiary/aromatic N) is 2. The Labute approximate surface area is 110 Å². The van der Waals surface area contributed by atoms with Gasteiger partial charge >= 0.3 is 6.18 Å². The molecule has 1 heterocycles. The predicted molar refractivity (Wildman–Crippen MR) is 64.2 cm³/mol. The van der Waals surface area contributed by atoms with Crippen molar-refractivity contribution >= 4 is 15.9 Å². The largest absolute Gasteiger partial charge is 0.419 e. The van der Waals surface area contributed by atoms with Gasteiger partial charge < -0.3 is 5.73 Å². The van der Waals surface area contributed by atoms with E-state index in [1.807, 2.05) is 0 Å². The van der Waals surface area contributed by atoms with Crippen LogP contribution in [0.3, 0.4) is 0 Å². The fraction of sp³-hybridized carbons (Fsp3) is 0.182. The maximum absolute atomic E-state index is 12.5. The van der Waals surface area contributed by atoms with E-state index in [1.165, 1.54) is 4.68 Å². The van der Waals surface area contributed by atoms with Crippen molar-refractivity contribution in [2.24, 2.45) is 5.73 Å². The maximum Gasteiger partial charge on any atom is 0.419 e. The molecule has 0 aliphatic heterocycles. The first-order chi connectivity index (χ1) is 8.41. The van der Waals surface area contributed by atoms with Crippen LogP contribution in [-0.2, 0) is 12.7 Å². The number of rotatable bonds is 2. The molecule has 0 radical (unpaired) electrons. The van der Waals surface area contributed by atoms with E-state index in [0.717, 1.165) is 18.0 Å². The summed E-state index contributed by atoms with van der Waals surface area (Å²) in [6, 6.07) is 5.17. The Balaban J connectivity index is 2.40. The lowest BCUT2D eigenvalue weighted by atomic mass is 10.2. The summed E-state index contributed by atoms with van der Waals surface area (Å²) < 4.78 is 39.2. The molecular weight excluding hydrogens is 311 g/mol. The molecule has 1 aromatic heterocycles. The number of halogens is 4. The average molecular weight is 320 g/mol. The summed E-state index contributed by atoms with van der Waals surface area (Å²) in [7, 11) is 0. The number of hydrogen-bond donors (Lipinski definition) is 1. The number of alkyl halides is 3. The Morgan fingerprint density at radius 2 is 2.06 bits per heavy atom. The number of benzene rings is 1. The highest BCUT2D eigenvalue weighted by Crippen LogP contribution is 2.30. The molecule has 2 aromatic rings. The molecule has 0 bridgehead atoms. The average Bonchev–Trinajstić information content (AvgIpc) is 2.77. The van der Waals surface area contributed by atoms with Crippen molar-refractivity contribution in [2.75, 3.05) is 0 Å². The van der Waals surface area contributed by atoms with E-state index in [9.17, 15) is 13.2 Å². The van der Waals surface area contributed by atoms with E-state index in [2.05, 4.69) is 21.0 Å². The lowest BCUT2D eigenvalue weighted by molar-refractivity contribution is -0.137. The molecule has 2 rings (SSSR count). The summed E-state index contributed by atoms with van der Waals surface area (Å²) in [6.45, 7) is 0.367. The molecule has 0 saturated heterocycles. The molecule has 18 heavy (non-hydrogen) atoms. The first kappa shape index (κ1) is 13.1. The SMILES string of the molecule is NCc1ccc(-n2cc(C(F)(F)F)cn2)c(Br)c1. The fourth-order valence-electron chi connectivity index (χ4n) is 1.46. The van der Waals surface area contributed by atoms with Crippen LogP contribution in [0.2, 0.25) is 0 Å². The zero-order valence-corrected chi connectivity index (χ0v) is 10.7. The van der Waals surface area contributed by atoms with Crippen molar-refractivity contribution in [1.29, 1.82) is 0 Å². The lowest BCUT2D eigenvalue weighted by Crippen LogP contribution is -2.03. The molecule has 1 aromatic carbocycles. The van der Waals surface area contributed by atoms with Crippen molar-refractivity contribution in [3.05, 3.63) is 46.2 Å². The summed E-state index contributed by atoms with van der Waals surface area (Å²) in [5.41, 5.74) is 6.11. The van der Waals surface area contributed by atoms with Crippen LogP contribution < -0.4 is 5.73 Å². The molecule has 0 fully saturated rings. The van der Waals surface area contributed by atoms with E-state index < -0.39 is 11.7 Å². The summed E-state index contributed by atoms with van der Waals surface area (Å²) in [6.07, 6.45) is -2.65. The summed E-state index contributed by atoms with van der Waals surface area (Å²) in [4.78, 5) is 0. The summed E-state index contributed by atoms with van der Waals surface area (Å²) in [5, 5.41) is 3.70. The molecule has 0 atom stereocenters. The van der Waals surface area contributed by atoms with E-state index >= 15 is 0 Å². The van der Waals surface area contributed by atoms with Crippen LogP contribution in [0.15, 0.2) is 35.1 Å². The van der Waals surface area contributed by atoms with Gasteiger partial charge in [0.1, 0.15) is 0 Å². The molecule has 7 heteroatoms. The van der Waals surface area contributed by atoms with E-state index in [4.69, 9.17) is 5.73 Å². The number of hydrogen-bond acceptors (Lipinski definition) is 2. The van der Waals surface area contributed by atoms with Crippen LogP contribution >= 0.6 is 15.9 Å². The van der Waals surface area contributed by atoms with Gasteiger partial charge in [-0.05, 0) is 33.6 Å². The van der Waals surface area contributed by atoms with Gasteiger partial charge in [0.2, 0.25) is 0 Å². The maximum atomic E-state index is 12.5. The summed E-state index contributed by atoms with van der Waals surface area (Å²) >= 11 is 3.29. The van der Waals surface area contributed by atoms with E-state index in [0.29, 0.717) is 16.7 Å². The smallest absolute Gasteiger partial charge is 0.326 e. The third kappa shape index (κ3) is 2.56. The molecule has 0 aliphatic carbocycles. The Hall–Kier alpha value is -1.34. The predicted octanol–water partition coefficient (Wildman–Crippen LogP) is 3.11. The second kappa shape index (κ2) is 4.74. The molecule has 2 N–H and O–H groups in total. The minimum Gasteiger partial charge on any atom is -0.326 e. The molecule has 3 nitrogen and oxygen atoms in total. The monoisotopic (exact) mass is 319 g/mol. The van der Waals surface area contributed by atoms with E-state index in [1.54, 1.807) is 18.2 Å². The van der Waals surface area contributed by atoms with Crippen LogP contribution in [0.1, 0.15) is 11.1 Å². The normalized spacial score (nSPS) is 11.8. The van der Waals surface area contributed by atoms with Crippen LogP contribution in [0.25, 0.3) is 5.69 Å². The van der Waals surface area contributed by atoms with Gasteiger partial charge in [0.25, 0.3) is 0 Å².